The summed E-state index contributed by atoms with van der Waals surface area (Å²) < 4.78 is 5.40. The Morgan fingerprint density at radius 1 is 1.42 bits per heavy atom. The van der Waals surface area contributed by atoms with Gasteiger partial charge in [0.1, 0.15) is 5.75 Å². The highest BCUT2D eigenvalue weighted by atomic mass is 35.5. The topological polar surface area (TPSA) is 55.6 Å². The molecule has 0 radical (unpaired) electrons. The average Bonchev–Trinajstić information content (AvgIpc) is 2.50. The number of para-hydroxylation sites is 1. The molecule has 0 spiro atoms. The summed E-state index contributed by atoms with van der Waals surface area (Å²) in [6, 6.07) is 8.21. The van der Waals surface area contributed by atoms with Crippen LogP contribution in [0.4, 0.5) is 0 Å². The van der Waals surface area contributed by atoms with Gasteiger partial charge in [-0.2, -0.15) is 0 Å². The lowest BCUT2D eigenvalue weighted by atomic mass is 9.79. The van der Waals surface area contributed by atoms with Gasteiger partial charge in [-0.05, 0) is 35.8 Å². The fraction of sp³-hybridized carbons (Fsp3) is 0.632. The molecule has 136 valence electrons. The van der Waals surface area contributed by atoms with Crippen LogP contribution >= 0.6 is 12.4 Å². The molecule has 0 aromatic heterocycles. The minimum absolute atomic E-state index is 0. The summed E-state index contributed by atoms with van der Waals surface area (Å²) in [5.41, 5.74) is 7.32. The van der Waals surface area contributed by atoms with Crippen LogP contribution in [0.25, 0.3) is 0 Å². The number of halogens is 1. The van der Waals surface area contributed by atoms with Crippen molar-refractivity contribution in [3.63, 3.8) is 0 Å². The maximum absolute atomic E-state index is 12.6. The van der Waals surface area contributed by atoms with Gasteiger partial charge in [0, 0.05) is 25.6 Å². The SMILES string of the molecule is COc1ccccc1CC(C)CC(=O)N1CCC(N)C(C)(C)C1.Cl. The van der Waals surface area contributed by atoms with Crippen LogP contribution in [0.5, 0.6) is 5.75 Å². The molecule has 0 aliphatic carbocycles. The minimum atomic E-state index is -0.000200. The first kappa shape index (κ1) is 20.8. The van der Waals surface area contributed by atoms with Crippen molar-refractivity contribution >= 4 is 18.3 Å². The number of methoxy groups -OCH3 is 1. The first-order chi connectivity index (χ1) is 10.8. The van der Waals surface area contributed by atoms with Gasteiger partial charge in [0.15, 0.2) is 0 Å². The van der Waals surface area contributed by atoms with Gasteiger partial charge in [-0.3, -0.25) is 4.79 Å². The van der Waals surface area contributed by atoms with Gasteiger partial charge in [-0.1, -0.05) is 39.0 Å². The highest BCUT2D eigenvalue weighted by Gasteiger charge is 2.35. The molecule has 0 saturated carbocycles. The summed E-state index contributed by atoms with van der Waals surface area (Å²) >= 11 is 0. The smallest absolute Gasteiger partial charge is 0.222 e. The van der Waals surface area contributed by atoms with E-state index in [9.17, 15) is 4.79 Å². The van der Waals surface area contributed by atoms with Crippen LogP contribution < -0.4 is 10.5 Å². The third kappa shape index (κ3) is 5.12. The van der Waals surface area contributed by atoms with E-state index >= 15 is 0 Å². The molecule has 2 rings (SSSR count). The molecule has 1 aliphatic rings. The molecule has 1 aromatic carbocycles. The molecule has 1 fully saturated rings. The van der Waals surface area contributed by atoms with Gasteiger partial charge in [-0.15, -0.1) is 12.4 Å². The van der Waals surface area contributed by atoms with E-state index in [-0.39, 0.29) is 35.7 Å². The third-order valence-electron chi connectivity index (χ3n) is 4.95. The second-order valence-corrected chi connectivity index (χ2v) is 7.52. The lowest BCUT2D eigenvalue weighted by molar-refractivity contribution is -0.135. The molecule has 5 heteroatoms. The normalized spacial score (nSPS) is 20.9. The highest BCUT2D eigenvalue weighted by Crippen LogP contribution is 2.29. The number of hydrogen-bond acceptors (Lipinski definition) is 3. The average molecular weight is 355 g/mol. The van der Waals surface area contributed by atoms with Crippen LogP contribution in [0, 0.1) is 11.3 Å². The van der Waals surface area contributed by atoms with E-state index < -0.39 is 0 Å². The zero-order valence-electron chi connectivity index (χ0n) is 15.2. The molecule has 0 bridgehead atoms. The Balaban J connectivity index is 0.00000288. The monoisotopic (exact) mass is 354 g/mol. The maximum atomic E-state index is 12.6. The molecule has 1 aromatic rings. The second-order valence-electron chi connectivity index (χ2n) is 7.52. The van der Waals surface area contributed by atoms with Crippen LogP contribution in [0.15, 0.2) is 24.3 Å². The van der Waals surface area contributed by atoms with E-state index in [1.807, 2.05) is 23.1 Å². The van der Waals surface area contributed by atoms with Gasteiger partial charge in [0.05, 0.1) is 7.11 Å². The number of nitrogens with two attached hydrogens (primary N) is 1. The van der Waals surface area contributed by atoms with Gasteiger partial charge in [0.25, 0.3) is 0 Å². The number of ether oxygens (including phenoxy) is 1. The van der Waals surface area contributed by atoms with E-state index in [2.05, 4.69) is 26.8 Å². The van der Waals surface area contributed by atoms with Gasteiger partial charge < -0.3 is 15.4 Å². The number of likely N-dealkylation sites (tertiary alicyclic amines) is 1. The summed E-state index contributed by atoms with van der Waals surface area (Å²) in [4.78, 5) is 14.6. The fourth-order valence-electron chi connectivity index (χ4n) is 3.33. The summed E-state index contributed by atoms with van der Waals surface area (Å²) in [5.74, 6) is 1.43. The Kier molecular flexibility index (Phi) is 7.56. The largest absolute Gasteiger partial charge is 0.496 e. The van der Waals surface area contributed by atoms with E-state index in [1.54, 1.807) is 7.11 Å². The number of carbonyl (C=O) groups is 1. The molecule has 4 nitrogen and oxygen atoms in total. The zero-order valence-corrected chi connectivity index (χ0v) is 16.1. The van der Waals surface area contributed by atoms with Crippen molar-refractivity contribution in [3.8, 4) is 5.75 Å². The molecule has 1 aliphatic heterocycles. The molecular weight excluding hydrogens is 324 g/mol. The summed E-state index contributed by atoms with van der Waals surface area (Å²) in [5, 5.41) is 0. The fourth-order valence-corrected chi connectivity index (χ4v) is 3.33. The number of hydrogen-bond donors (Lipinski definition) is 1. The first-order valence-electron chi connectivity index (χ1n) is 8.48. The Morgan fingerprint density at radius 2 is 2.08 bits per heavy atom. The third-order valence-corrected chi connectivity index (χ3v) is 4.95. The van der Waals surface area contributed by atoms with Crippen LogP contribution in [-0.2, 0) is 11.2 Å². The van der Waals surface area contributed by atoms with Gasteiger partial charge in [0.2, 0.25) is 5.91 Å². The Labute approximate surface area is 152 Å². The Hall–Kier alpha value is -1.26. The molecular formula is C19H31ClN2O2. The van der Waals surface area contributed by atoms with Gasteiger partial charge in [-0.25, -0.2) is 0 Å². The van der Waals surface area contributed by atoms with Crippen molar-refractivity contribution in [2.75, 3.05) is 20.2 Å². The van der Waals surface area contributed by atoms with E-state index in [0.717, 1.165) is 37.2 Å². The maximum Gasteiger partial charge on any atom is 0.222 e. The predicted octanol–water partition coefficient (Wildman–Crippen LogP) is 3.27. The first-order valence-corrected chi connectivity index (χ1v) is 8.48. The standard InChI is InChI=1S/C19H30N2O2.ClH/c1-14(11-15-7-5-6-8-16(15)23-4)12-18(22)21-10-9-17(20)19(2,3)13-21;/h5-8,14,17H,9-13,20H2,1-4H3;1H. The molecule has 2 atom stereocenters. The number of benzene rings is 1. The molecule has 1 amide bonds. The van der Waals surface area contributed by atoms with E-state index in [1.165, 1.54) is 0 Å². The number of rotatable bonds is 5. The second kappa shape index (κ2) is 8.72. The lowest BCUT2D eigenvalue weighted by Gasteiger charge is -2.42. The van der Waals surface area contributed by atoms with Crippen LogP contribution in [-0.4, -0.2) is 37.0 Å². The van der Waals surface area contributed by atoms with Crippen molar-refractivity contribution in [3.05, 3.63) is 29.8 Å². The quantitative estimate of drug-likeness (QED) is 0.882. The van der Waals surface area contributed by atoms with E-state index in [0.29, 0.717) is 6.42 Å². The van der Waals surface area contributed by atoms with Crippen molar-refractivity contribution in [2.24, 2.45) is 17.1 Å². The van der Waals surface area contributed by atoms with Crippen molar-refractivity contribution < 1.29 is 9.53 Å². The number of nitrogens with zero attached hydrogens (tertiary/aromatic N) is 1. The van der Waals surface area contributed by atoms with Gasteiger partial charge >= 0.3 is 0 Å². The number of piperidine rings is 1. The molecule has 1 saturated heterocycles. The number of amides is 1. The summed E-state index contributed by atoms with van der Waals surface area (Å²) in [6.45, 7) is 7.97. The Morgan fingerprint density at radius 3 is 2.71 bits per heavy atom. The van der Waals surface area contributed by atoms with Crippen molar-refractivity contribution in [1.82, 2.24) is 4.90 Å². The predicted molar refractivity (Wildman–Crippen MR) is 101 cm³/mol. The molecule has 1 heterocycles. The van der Waals surface area contributed by atoms with Crippen molar-refractivity contribution in [1.29, 1.82) is 0 Å². The lowest BCUT2D eigenvalue weighted by Crippen LogP contribution is -2.54. The summed E-state index contributed by atoms with van der Waals surface area (Å²) in [6.07, 6.45) is 2.31. The van der Waals surface area contributed by atoms with Crippen LogP contribution in [0.2, 0.25) is 0 Å². The zero-order chi connectivity index (χ0) is 17.0. The Bertz CT molecular complexity index is 548. The molecule has 2 unspecified atom stereocenters. The molecule has 24 heavy (non-hydrogen) atoms. The minimum Gasteiger partial charge on any atom is -0.496 e. The summed E-state index contributed by atoms with van der Waals surface area (Å²) in [7, 11) is 1.69. The highest BCUT2D eigenvalue weighted by molar-refractivity contribution is 5.85. The van der Waals surface area contributed by atoms with Crippen molar-refractivity contribution in [2.45, 2.75) is 46.1 Å². The van der Waals surface area contributed by atoms with Crippen LogP contribution in [0.3, 0.4) is 0 Å². The molecule has 2 N–H and O–H groups in total. The van der Waals surface area contributed by atoms with E-state index in [4.69, 9.17) is 10.5 Å². The van der Waals surface area contributed by atoms with Crippen LogP contribution in [0.1, 0.15) is 39.2 Å². The number of carbonyl (C=O) groups excluding carboxylic acids is 1.